The normalized spacial score (nSPS) is 10.8. The fraction of sp³-hybridized carbons (Fsp3) is 0.286. The van der Waals surface area contributed by atoms with Gasteiger partial charge in [-0.25, -0.2) is 8.78 Å². The number of alkyl halides is 2. The van der Waals surface area contributed by atoms with Gasteiger partial charge in [-0.05, 0) is 6.07 Å². The topological polar surface area (TPSA) is 53.1 Å². The summed E-state index contributed by atoms with van der Waals surface area (Å²) in [6.45, 7) is -0.587. The number of aliphatic hydroxyl groups is 1. The predicted molar refractivity (Wildman–Crippen MR) is 43.0 cm³/mol. The molecule has 0 unspecified atom stereocenters. The molecule has 0 atom stereocenters. The number of H-pyrrole nitrogens is 1. The molecule has 0 aliphatic rings. The fourth-order valence-corrected chi connectivity index (χ4v) is 1.06. The lowest BCUT2D eigenvalue weighted by Crippen LogP contribution is -2.12. The number of halogens is 3. The van der Waals surface area contributed by atoms with Crippen LogP contribution in [0.4, 0.5) is 8.78 Å². The van der Waals surface area contributed by atoms with Crippen molar-refractivity contribution in [2.75, 3.05) is 0 Å². The molecule has 0 radical (unpaired) electrons. The third-order valence-corrected chi connectivity index (χ3v) is 1.78. The molecule has 0 bridgehead atoms. The molecule has 0 spiro atoms. The SMILES string of the molecule is O=c1[nH]c(C(F)F)c(CO)cc1Cl. The number of rotatable bonds is 2. The average molecular weight is 210 g/mol. The van der Waals surface area contributed by atoms with Gasteiger partial charge in [0.25, 0.3) is 12.0 Å². The van der Waals surface area contributed by atoms with Crippen molar-refractivity contribution in [3.8, 4) is 0 Å². The molecule has 3 nitrogen and oxygen atoms in total. The summed E-state index contributed by atoms with van der Waals surface area (Å²) in [7, 11) is 0. The maximum absolute atomic E-state index is 12.2. The highest BCUT2D eigenvalue weighted by Crippen LogP contribution is 2.20. The standard InChI is InChI=1S/C7H6ClF2NO2/c8-4-1-3(2-12)5(6(9)10)11-7(4)13/h1,6,12H,2H2,(H,11,13). The minimum atomic E-state index is -2.83. The second-order valence-corrected chi connectivity index (χ2v) is 2.75. The number of aromatic amines is 1. The molecule has 1 aromatic heterocycles. The minimum absolute atomic E-state index is 0.0698. The Kier molecular flexibility index (Phi) is 3.00. The number of hydrogen-bond acceptors (Lipinski definition) is 2. The van der Waals surface area contributed by atoms with Crippen LogP contribution >= 0.6 is 11.6 Å². The average Bonchev–Trinajstić information content (AvgIpc) is 2.08. The van der Waals surface area contributed by atoms with Crippen molar-refractivity contribution in [1.82, 2.24) is 4.98 Å². The maximum Gasteiger partial charge on any atom is 0.278 e. The van der Waals surface area contributed by atoms with E-state index in [1.165, 1.54) is 0 Å². The van der Waals surface area contributed by atoms with Gasteiger partial charge in [0.15, 0.2) is 0 Å². The van der Waals surface area contributed by atoms with Crippen molar-refractivity contribution in [2.24, 2.45) is 0 Å². The van der Waals surface area contributed by atoms with Crippen molar-refractivity contribution in [2.45, 2.75) is 13.0 Å². The van der Waals surface area contributed by atoms with Gasteiger partial charge in [-0.1, -0.05) is 11.6 Å². The highest BCUT2D eigenvalue weighted by molar-refractivity contribution is 6.30. The molecule has 1 aromatic rings. The molecule has 0 amide bonds. The van der Waals surface area contributed by atoms with E-state index in [4.69, 9.17) is 16.7 Å². The van der Waals surface area contributed by atoms with Crippen molar-refractivity contribution in [3.05, 3.63) is 32.7 Å². The first-order valence-electron chi connectivity index (χ1n) is 3.37. The molecule has 1 rings (SSSR count). The van der Waals surface area contributed by atoms with E-state index in [0.29, 0.717) is 0 Å². The zero-order chi connectivity index (χ0) is 10.0. The highest BCUT2D eigenvalue weighted by atomic mass is 35.5. The molecular weight excluding hydrogens is 204 g/mol. The first-order chi connectivity index (χ1) is 6.06. The lowest BCUT2D eigenvalue weighted by atomic mass is 10.2. The Morgan fingerprint density at radius 1 is 1.62 bits per heavy atom. The summed E-state index contributed by atoms with van der Waals surface area (Å²) in [5, 5.41) is 8.45. The summed E-state index contributed by atoms with van der Waals surface area (Å²) >= 11 is 5.37. The minimum Gasteiger partial charge on any atom is -0.392 e. The summed E-state index contributed by atoms with van der Waals surface area (Å²) in [5.74, 6) is 0. The molecule has 0 aliphatic heterocycles. The van der Waals surface area contributed by atoms with E-state index < -0.39 is 24.3 Å². The summed E-state index contributed by atoms with van der Waals surface area (Å²) in [5.41, 5.74) is -1.44. The molecule has 1 heterocycles. The van der Waals surface area contributed by atoms with Gasteiger partial charge in [0.1, 0.15) is 5.02 Å². The van der Waals surface area contributed by atoms with E-state index in [1.807, 2.05) is 4.98 Å². The molecule has 0 fully saturated rings. The Hall–Kier alpha value is -0.940. The third-order valence-electron chi connectivity index (χ3n) is 1.50. The van der Waals surface area contributed by atoms with Gasteiger partial charge in [0, 0.05) is 5.56 Å². The van der Waals surface area contributed by atoms with E-state index in [2.05, 4.69) is 0 Å². The van der Waals surface area contributed by atoms with Gasteiger partial charge in [0.2, 0.25) is 0 Å². The summed E-state index contributed by atoms with van der Waals surface area (Å²) in [6.07, 6.45) is -2.83. The van der Waals surface area contributed by atoms with Crippen LogP contribution in [-0.4, -0.2) is 10.1 Å². The number of hydrogen-bond donors (Lipinski definition) is 2. The van der Waals surface area contributed by atoms with Gasteiger partial charge in [-0.2, -0.15) is 0 Å². The second-order valence-electron chi connectivity index (χ2n) is 2.34. The fourth-order valence-electron chi connectivity index (χ4n) is 0.884. The Morgan fingerprint density at radius 3 is 2.69 bits per heavy atom. The molecule has 2 N–H and O–H groups in total. The van der Waals surface area contributed by atoms with E-state index in [-0.39, 0.29) is 10.6 Å². The Balaban J connectivity index is 3.33. The number of aromatic nitrogens is 1. The van der Waals surface area contributed by atoms with Gasteiger partial charge in [0.05, 0.1) is 12.3 Å². The lowest BCUT2D eigenvalue weighted by Gasteiger charge is -2.05. The molecule has 0 aliphatic carbocycles. The Morgan fingerprint density at radius 2 is 2.23 bits per heavy atom. The maximum atomic E-state index is 12.2. The molecule has 0 saturated heterocycles. The number of nitrogens with one attached hydrogen (secondary N) is 1. The number of pyridine rings is 1. The van der Waals surface area contributed by atoms with Gasteiger partial charge < -0.3 is 10.1 Å². The van der Waals surface area contributed by atoms with Crippen molar-refractivity contribution >= 4 is 11.6 Å². The van der Waals surface area contributed by atoms with E-state index in [1.54, 1.807) is 0 Å². The predicted octanol–water partition coefficient (Wildman–Crippen LogP) is 1.46. The Bertz CT molecular complexity index is 364. The largest absolute Gasteiger partial charge is 0.392 e. The van der Waals surface area contributed by atoms with Crippen molar-refractivity contribution in [3.63, 3.8) is 0 Å². The second kappa shape index (κ2) is 3.85. The first-order valence-corrected chi connectivity index (χ1v) is 3.74. The van der Waals surface area contributed by atoms with Crippen LogP contribution in [0.25, 0.3) is 0 Å². The van der Waals surface area contributed by atoms with Crippen LogP contribution in [0.1, 0.15) is 17.7 Å². The quantitative estimate of drug-likeness (QED) is 0.775. The molecule has 72 valence electrons. The van der Waals surface area contributed by atoms with Crippen LogP contribution in [0.2, 0.25) is 5.02 Å². The van der Waals surface area contributed by atoms with Gasteiger partial charge in [-0.15, -0.1) is 0 Å². The van der Waals surface area contributed by atoms with Crippen LogP contribution < -0.4 is 5.56 Å². The molecule has 0 saturated carbocycles. The van der Waals surface area contributed by atoms with Crippen LogP contribution in [0.3, 0.4) is 0 Å². The molecule has 13 heavy (non-hydrogen) atoms. The van der Waals surface area contributed by atoms with Crippen LogP contribution in [0.5, 0.6) is 0 Å². The third kappa shape index (κ3) is 2.05. The van der Waals surface area contributed by atoms with Crippen molar-refractivity contribution < 1.29 is 13.9 Å². The first kappa shape index (κ1) is 10.1. The monoisotopic (exact) mass is 209 g/mol. The van der Waals surface area contributed by atoms with E-state index >= 15 is 0 Å². The van der Waals surface area contributed by atoms with E-state index in [9.17, 15) is 13.6 Å². The highest BCUT2D eigenvalue weighted by Gasteiger charge is 2.14. The Labute approximate surface area is 77.0 Å². The summed E-state index contributed by atoms with van der Waals surface area (Å²) < 4.78 is 24.4. The molecule has 6 heteroatoms. The van der Waals surface area contributed by atoms with Crippen molar-refractivity contribution in [1.29, 1.82) is 0 Å². The van der Waals surface area contributed by atoms with Gasteiger partial charge >= 0.3 is 0 Å². The van der Waals surface area contributed by atoms with Gasteiger partial charge in [-0.3, -0.25) is 4.79 Å². The zero-order valence-electron chi connectivity index (χ0n) is 6.35. The van der Waals surface area contributed by atoms with Crippen LogP contribution in [-0.2, 0) is 6.61 Å². The van der Waals surface area contributed by atoms with Crippen LogP contribution in [0, 0.1) is 0 Å². The summed E-state index contributed by atoms with van der Waals surface area (Å²) in [6, 6.07) is 1.03. The number of aliphatic hydroxyl groups excluding tert-OH is 1. The summed E-state index contributed by atoms with van der Waals surface area (Å²) in [4.78, 5) is 12.7. The zero-order valence-corrected chi connectivity index (χ0v) is 7.11. The molecular formula is C7H6ClF2NO2. The van der Waals surface area contributed by atoms with Crippen LogP contribution in [0.15, 0.2) is 10.9 Å². The smallest absolute Gasteiger partial charge is 0.278 e. The lowest BCUT2D eigenvalue weighted by molar-refractivity contribution is 0.141. The molecule has 0 aromatic carbocycles. The van der Waals surface area contributed by atoms with E-state index in [0.717, 1.165) is 6.07 Å².